The minimum Gasteiger partial charge on any atom is -0.275 e. The fraction of sp³-hybridized carbons (Fsp3) is 0.0714. The van der Waals surface area contributed by atoms with Gasteiger partial charge in [0.25, 0.3) is 0 Å². The van der Waals surface area contributed by atoms with E-state index in [0.717, 1.165) is 16.1 Å². The Bertz CT molecular complexity index is 627. The summed E-state index contributed by atoms with van der Waals surface area (Å²) in [5.74, 6) is -1.29. The van der Waals surface area contributed by atoms with Crippen LogP contribution in [0.4, 0.5) is 14.5 Å². The summed E-state index contributed by atoms with van der Waals surface area (Å²) in [6.45, 7) is 1.80. The maximum Gasteiger partial charge on any atom is 0.151 e. The summed E-state index contributed by atoms with van der Waals surface area (Å²) in [4.78, 5) is 0. The molecule has 0 heterocycles. The van der Waals surface area contributed by atoms with Crippen LogP contribution in [0.2, 0.25) is 0 Å². The number of hydrogen-bond donors (Lipinski definition) is 1. The van der Waals surface area contributed by atoms with Gasteiger partial charge in [-0.1, -0.05) is 34.1 Å². The zero-order chi connectivity index (χ0) is 13.8. The van der Waals surface area contributed by atoms with Crippen LogP contribution in [-0.4, -0.2) is 5.71 Å². The van der Waals surface area contributed by atoms with Gasteiger partial charge in [0.1, 0.15) is 5.82 Å². The molecule has 2 aromatic rings. The Kier molecular flexibility index (Phi) is 4.27. The number of benzene rings is 2. The molecule has 0 saturated carbocycles. The van der Waals surface area contributed by atoms with Gasteiger partial charge in [-0.25, -0.2) is 8.78 Å². The molecule has 98 valence electrons. The summed E-state index contributed by atoms with van der Waals surface area (Å²) in [7, 11) is 0. The van der Waals surface area contributed by atoms with Gasteiger partial charge in [-0.05, 0) is 25.1 Å². The fourth-order valence-corrected chi connectivity index (χ4v) is 2.11. The van der Waals surface area contributed by atoms with E-state index in [1.807, 2.05) is 24.3 Å². The Morgan fingerprint density at radius 2 is 1.89 bits per heavy atom. The van der Waals surface area contributed by atoms with E-state index in [4.69, 9.17) is 0 Å². The molecular formula is C14H11BrF2N2. The van der Waals surface area contributed by atoms with Gasteiger partial charge < -0.3 is 0 Å². The summed E-state index contributed by atoms with van der Waals surface area (Å²) in [6.07, 6.45) is 0. The molecule has 0 amide bonds. The molecule has 0 fully saturated rings. The third-order valence-corrected chi connectivity index (χ3v) is 3.23. The van der Waals surface area contributed by atoms with Crippen molar-refractivity contribution in [2.75, 3.05) is 5.43 Å². The first-order chi connectivity index (χ1) is 9.08. The summed E-state index contributed by atoms with van der Waals surface area (Å²) in [5, 5.41) is 4.09. The molecule has 2 rings (SSSR count). The van der Waals surface area contributed by atoms with Gasteiger partial charge in [0, 0.05) is 16.1 Å². The van der Waals surface area contributed by atoms with Gasteiger partial charge in [-0.3, -0.25) is 5.43 Å². The molecule has 1 N–H and O–H groups in total. The van der Waals surface area contributed by atoms with Crippen LogP contribution in [0.25, 0.3) is 0 Å². The number of hydrazone groups is 1. The molecule has 0 spiro atoms. The molecule has 2 aromatic carbocycles. The Balaban J connectivity index is 2.21. The van der Waals surface area contributed by atoms with Crippen LogP contribution >= 0.6 is 15.9 Å². The number of halogens is 3. The highest BCUT2D eigenvalue weighted by Crippen LogP contribution is 2.18. The van der Waals surface area contributed by atoms with Crippen molar-refractivity contribution < 1.29 is 8.78 Å². The summed E-state index contributed by atoms with van der Waals surface area (Å²) in [6, 6.07) is 10.9. The molecule has 5 heteroatoms. The molecule has 0 saturated heterocycles. The molecule has 0 aliphatic carbocycles. The van der Waals surface area contributed by atoms with E-state index in [1.54, 1.807) is 6.92 Å². The second kappa shape index (κ2) is 5.93. The maximum absolute atomic E-state index is 13.4. The average Bonchev–Trinajstić information content (AvgIpc) is 2.38. The lowest BCUT2D eigenvalue weighted by Crippen LogP contribution is -2.01. The quantitative estimate of drug-likeness (QED) is 0.649. The highest BCUT2D eigenvalue weighted by molar-refractivity contribution is 9.10. The topological polar surface area (TPSA) is 24.4 Å². The monoisotopic (exact) mass is 324 g/mol. The van der Waals surface area contributed by atoms with Crippen LogP contribution in [0.5, 0.6) is 0 Å². The lowest BCUT2D eigenvalue weighted by molar-refractivity contribution is 0.585. The zero-order valence-electron chi connectivity index (χ0n) is 10.1. The van der Waals surface area contributed by atoms with Gasteiger partial charge in [0.2, 0.25) is 0 Å². The second-order valence-corrected chi connectivity index (χ2v) is 4.77. The Morgan fingerprint density at radius 1 is 1.16 bits per heavy atom. The summed E-state index contributed by atoms with van der Waals surface area (Å²) < 4.78 is 27.1. The fourth-order valence-electron chi connectivity index (χ4n) is 1.54. The molecule has 0 atom stereocenters. The third kappa shape index (κ3) is 3.38. The Labute approximate surface area is 118 Å². The maximum atomic E-state index is 13.4. The highest BCUT2D eigenvalue weighted by atomic mass is 79.9. The van der Waals surface area contributed by atoms with Crippen molar-refractivity contribution in [3.63, 3.8) is 0 Å². The van der Waals surface area contributed by atoms with Gasteiger partial charge in [-0.2, -0.15) is 5.10 Å². The Hall–Kier alpha value is -1.75. The standard InChI is InChI=1S/C14H11BrF2N2/c1-9(11-4-2-3-5-12(11)15)18-19-14-7-6-10(16)8-13(14)17/h2-8,19H,1H3/b18-9-. The van der Waals surface area contributed by atoms with Gasteiger partial charge in [0.05, 0.1) is 11.4 Å². The lowest BCUT2D eigenvalue weighted by Gasteiger charge is -2.06. The van der Waals surface area contributed by atoms with Crippen LogP contribution in [0, 0.1) is 11.6 Å². The van der Waals surface area contributed by atoms with Crippen LogP contribution in [0.15, 0.2) is 52.0 Å². The molecule has 19 heavy (non-hydrogen) atoms. The van der Waals surface area contributed by atoms with Gasteiger partial charge in [-0.15, -0.1) is 0 Å². The van der Waals surface area contributed by atoms with Crippen molar-refractivity contribution in [2.45, 2.75) is 6.92 Å². The molecule has 0 aliphatic rings. The van der Waals surface area contributed by atoms with E-state index in [9.17, 15) is 8.78 Å². The highest BCUT2D eigenvalue weighted by Gasteiger charge is 2.04. The van der Waals surface area contributed by atoms with Gasteiger partial charge >= 0.3 is 0 Å². The van der Waals surface area contributed by atoms with E-state index in [2.05, 4.69) is 26.5 Å². The number of nitrogens with one attached hydrogen (secondary N) is 1. The van der Waals surface area contributed by atoms with Crippen LogP contribution in [0.3, 0.4) is 0 Å². The number of rotatable bonds is 3. The largest absolute Gasteiger partial charge is 0.275 e. The molecule has 0 aromatic heterocycles. The first-order valence-electron chi connectivity index (χ1n) is 5.58. The van der Waals surface area contributed by atoms with E-state index < -0.39 is 11.6 Å². The smallest absolute Gasteiger partial charge is 0.151 e. The number of nitrogens with zero attached hydrogens (tertiary/aromatic N) is 1. The third-order valence-electron chi connectivity index (χ3n) is 2.54. The Morgan fingerprint density at radius 3 is 2.58 bits per heavy atom. The molecule has 0 aliphatic heterocycles. The number of hydrogen-bond acceptors (Lipinski definition) is 2. The van der Waals surface area contributed by atoms with Crippen molar-refractivity contribution in [3.8, 4) is 0 Å². The van der Waals surface area contributed by atoms with Crippen molar-refractivity contribution in [1.29, 1.82) is 0 Å². The minimum atomic E-state index is -0.677. The van der Waals surface area contributed by atoms with E-state index >= 15 is 0 Å². The predicted molar refractivity (Wildman–Crippen MR) is 76.3 cm³/mol. The molecule has 2 nitrogen and oxygen atoms in total. The first kappa shape index (κ1) is 13.7. The summed E-state index contributed by atoms with van der Waals surface area (Å²) in [5.41, 5.74) is 4.31. The van der Waals surface area contributed by atoms with Crippen molar-refractivity contribution in [1.82, 2.24) is 0 Å². The molecule has 0 unspecified atom stereocenters. The normalized spacial score (nSPS) is 11.5. The van der Waals surface area contributed by atoms with Crippen LogP contribution in [-0.2, 0) is 0 Å². The van der Waals surface area contributed by atoms with Gasteiger partial charge in [0.15, 0.2) is 5.82 Å². The van der Waals surface area contributed by atoms with Crippen molar-refractivity contribution in [2.24, 2.45) is 5.10 Å². The predicted octanol–water partition coefficient (Wildman–Crippen LogP) is 4.56. The average molecular weight is 325 g/mol. The molecular weight excluding hydrogens is 314 g/mol. The SMILES string of the molecule is C/C(=N/Nc1ccc(F)cc1F)c1ccccc1Br. The molecule has 0 radical (unpaired) electrons. The zero-order valence-corrected chi connectivity index (χ0v) is 11.7. The van der Waals surface area contributed by atoms with Crippen molar-refractivity contribution >= 4 is 27.3 Å². The summed E-state index contributed by atoms with van der Waals surface area (Å²) >= 11 is 3.41. The first-order valence-corrected chi connectivity index (χ1v) is 6.37. The van der Waals surface area contributed by atoms with Crippen LogP contribution < -0.4 is 5.43 Å². The van der Waals surface area contributed by atoms with Crippen LogP contribution in [0.1, 0.15) is 12.5 Å². The lowest BCUT2D eigenvalue weighted by atomic mass is 10.1. The minimum absolute atomic E-state index is 0.132. The van der Waals surface area contributed by atoms with E-state index in [0.29, 0.717) is 5.71 Å². The van der Waals surface area contributed by atoms with E-state index in [1.165, 1.54) is 12.1 Å². The van der Waals surface area contributed by atoms with E-state index in [-0.39, 0.29) is 5.69 Å². The van der Waals surface area contributed by atoms with Crippen molar-refractivity contribution in [3.05, 3.63) is 64.1 Å². The molecule has 0 bridgehead atoms. The number of anilines is 1. The second-order valence-electron chi connectivity index (χ2n) is 3.91.